The number of phosphoric acid groups is 2. The third-order valence-corrected chi connectivity index (χ3v) is 17.2. The minimum absolute atomic E-state index is 0.862. The average Bonchev–Trinajstić information content (AvgIpc) is 0.772. The Hall–Kier alpha value is -1.71. The Kier molecular flexibility index (Phi) is 27.1. The van der Waals surface area contributed by atoms with E-state index in [1.807, 2.05) is 0 Å². The molecule has 0 unspecified atom stereocenters. The van der Waals surface area contributed by atoms with Crippen LogP contribution >= 0.6 is 15.6 Å². The van der Waals surface area contributed by atoms with E-state index in [2.05, 4.69) is 0 Å². The first-order valence-electron chi connectivity index (χ1n) is 27.9. The van der Waals surface area contributed by atoms with Crippen molar-refractivity contribution < 1.29 is 211 Å². The zero-order valence-corrected chi connectivity index (χ0v) is 49.2. The lowest BCUT2D eigenvalue weighted by atomic mass is 9.91. The fourth-order valence-corrected chi connectivity index (χ4v) is 12.1. The van der Waals surface area contributed by atoms with Crippen molar-refractivity contribution in [3.05, 3.63) is 0 Å². The van der Waals surface area contributed by atoms with Gasteiger partial charge in [0.25, 0.3) is 5.79 Å². The molecule has 7 saturated heterocycles. The van der Waals surface area contributed by atoms with Gasteiger partial charge >= 0.3 is 21.6 Å². The summed E-state index contributed by atoms with van der Waals surface area (Å²) in [5, 5.41) is 225. The molecule has 7 heterocycles. The first-order chi connectivity index (χ1) is 42.9. The molecule has 0 aliphatic carbocycles. The van der Waals surface area contributed by atoms with E-state index in [1.165, 1.54) is 0 Å². The van der Waals surface area contributed by atoms with Gasteiger partial charge in [-0.05, 0) is 0 Å². The summed E-state index contributed by atoms with van der Waals surface area (Å²) in [5.41, 5.74) is 11.7. The number of ether oxygens (including phenoxy) is 13. The second-order valence-corrected chi connectivity index (χ2v) is 24.8. The van der Waals surface area contributed by atoms with Crippen LogP contribution in [0.15, 0.2) is 0 Å². The number of carbonyl (C=O) groups is 1. The fourth-order valence-electron chi connectivity index (χ4n) is 11.0. The number of nitrogens with two attached hydrogens (primary N) is 2. The summed E-state index contributed by atoms with van der Waals surface area (Å²) in [4.78, 5) is 53.5. The second kappa shape index (κ2) is 32.1. The van der Waals surface area contributed by atoms with Crippen LogP contribution in [0.25, 0.3) is 0 Å². The van der Waals surface area contributed by atoms with Gasteiger partial charge in [0, 0.05) is 6.42 Å². The molecular formula is C45H80N2O43P2. The number of hydrogen-bond donors (Lipinski definition) is 27. The Labute approximate surface area is 516 Å². The molecule has 0 bridgehead atoms. The molecule has 29 N–H and O–H groups in total. The van der Waals surface area contributed by atoms with Crippen molar-refractivity contribution in [2.75, 3.05) is 46.2 Å². The molecular weight excluding hydrogens is 1320 g/mol. The molecule has 0 saturated carbocycles. The van der Waals surface area contributed by atoms with E-state index in [-0.39, 0.29) is 0 Å². The maximum atomic E-state index is 13.4. The summed E-state index contributed by atoms with van der Waals surface area (Å²) >= 11 is 0. The van der Waals surface area contributed by atoms with Crippen molar-refractivity contribution in [3.63, 3.8) is 0 Å². The highest BCUT2D eigenvalue weighted by Crippen LogP contribution is 2.47. The Morgan fingerprint density at radius 3 is 1.49 bits per heavy atom. The number of rotatable bonds is 26. The first-order valence-corrected chi connectivity index (χ1v) is 31.0. The molecule has 538 valence electrons. The van der Waals surface area contributed by atoms with Gasteiger partial charge in [0.2, 0.25) is 0 Å². The summed E-state index contributed by atoms with van der Waals surface area (Å²) in [5.74, 6) is -5.82. The molecule has 0 aromatic heterocycles. The highest BCUT2D eigenvalue weighted by molar-refractivity contribution is 7.46. The lowest BCUT2D eigenvalue weighted by molar-refractivity contribution is -0.395. The maximum Gasteiger partial charge on any atom is 0.470 e. The quantitative estimate of drug-likeness (QED) is 0.0358. The van der Waals surface area contributed by atoms with Crippen LogP contribution in [-0.2, 0) is 84.6 Å². The molecule has 36 atom stereocenters. The number of phosphoric ester groups is 2. The van der Waals surface area contributed by atoms with Crippen molar-refractivity contribution in [1.29, 1.82) is 0 Å². The molecule has 47 heteroatoms. The number of aliphatic carboxylic acids is 1. The van der Waals surface area contributed by atoms with E-state index < -0.39 is 295 Å². The largest absolute Gasteiger partial charge is 0.477 e. The summed E-state index contributed by atoms with van der Waals surface area (Å²) in [7, 11) is -11.7. The molecule has 92 heavy (non-hydrogen) atoms. The maximum absolute atomic E-state index is 13.4. The molecule has 0 radical (unpaired) electrons. The SMILES string of the molecule is N[C@@H]1[C@@H](O)[C@H](O)[C@@H](CO[C@@H]2O[C@H](CO[C@]3(C(=O)O)C[C@@H](OP(=O)(O)O)[C@@H](O[C@H]4O[C@H]([C@@H](O)CO[C@@H]5O[C@H](CO)[C@H](O)[C@H](O)[C@H]5O)[C@@H](O[C@@H]5O[C@H](CO)[C@H](O[C@H]6O[C@H](CO)[C@@H](O)[C@H](O)[C@H]6O)[C@H](O)[C@H]5O)[C@H](O)[C@@H]4O)[C@@H]([C@H](O)CO)O3)[C@@H](OP(=O)(O)O)[C@H](O)[C@H]2N)O[C@@H]1O. The third-order valence-electron chi connectivity index (χ3n) is 16.1. The van der Waals surface area contributed by atoms with Gasteiger partial charge in [-0.2, -0.15) is 0 Å². The van der Waals surface area contributed by atoms with Crippen LogP contribution in [0.2, 0.25) is 0 Å². The summed E-state index contributed by atoms with van der Waals surface area (Å²) < 4.78 is 107. The van der Waals surface area contributed by atoms with Crippen LogP contribution in [0, 0.1) is 0 Å². The van der Waals surface area contributed by atoms with Gasteiger partial charge in [0.1, 0.15) is 165 Å². The topological polar surface area (TPSA) is 747 Å². The normalized spacial score (nSPS) is 48.2. The first kappa shape index (κ1) is 77.6. The van der Waals surface area contributed by atoms with Gasteiger partial charge in [-0.1, -0.05) is 0 Å². The molecule has 0 amide bonds. The van der Waals surface area contributed by atoms with Gasteiger partial charge in [0.15, 0.2) is 37.7 Å². The lowest BCUT2D eigenvalue weighted by Crippen LogP contribution is -2.69. The molecule has 0 aromatic rings. The summed E-state index contributed by atoms with van der Waals surface area (Å²) in [6.45, 7) is -8.13. The van der Waals surface area contributed by atoms with E-state index in [0.29, 0.717) is 0 Å². The fraction of sp³-hybridized carbons (Fsp3) is 0.978. The van der Waals surface area contributed by atoms with Crippen LogP contribution in [0.3, 0.4) is 0 Å². The standard InChI is InChI=1S/C45H80N2O43P2/c46-17-22(57)21(56)15(79-38(17)67)7-77-39-18(47)23(58)35(90-92(73,74)75)16(83-39)8-78-45(44(68)69)1-11(89-91(70,71)72)36(33(88-45)9(52)2-48)86-43-31(66)27(62)37(32(84-43)10(53)6-76-40-28(63)24(59)19(54)12(3-49)80-40)87-42-30(65)26(61)34(14(5-51)82-42)85-41-29(64)25(60)20(55)13(4-50)81-41/h9-43,48-67H,1-8,46-47H2,(H,68,69)(H2,70,71,72)(H2,73,74,75)/t9-,10+,11-,12-,13-,14-,15-,16-,17-,18-,19+,20-,21-,22-,23-,24+,25+,26-,27-,28-,29-,30-,31+,32-,33-,34+,35-,36-,37+,38+,39-,40-,41-,42+,43-,45-/m1/s1. The Morgan fingerprint density at radius 2 is 0.946 bits per heavy atom. The van der Waals surface area contributed by atoms with Crippen LogP contribution in [-0.4, -0.2) is 399 Å². The zero-order valence-electron chi connectivity index (χ0n) is 47.4. The van der Waals surface area contributed by atoms with Gasteiger partial charge in [-0.25, -0.2) is 13.9 Å². The molecule has 0 spiro atoms. The lowest BCUT2D eigenvalue weighted by Gasteiger charge is -2.51. The van der Waals surface area contributed by atoms with Gasteiger partial charge in [-0.3, -0.25) is 9.05 Å². The summed E-state index contributed by atoms with van der Waals surface area (Å²) in [6, 6.07) is -3.39. The predicted molar refractivity (Wildman–Crippen MR) is 275 cm³/mol. The second-order valence-electron chi connectivity index (χ2n) is 22.4. The molecule has 45 nitrogen and oxygen atoms in total. The van der Waals surface area contributed by atoms with Gasteiger partial charge in [-0.15, -0.1) is 0 Å². The number of carboxylic acids is 1. The van der Waals surface area contributed by atoms with Crippen molar-refractivity contribution >= 4 is 21.6 Å². The number of aliphatic hydroxyl groups excluding tert-OH is 20. The van der Waals surface area contributed by atoms with Crippen molar-refractivity contribution in [1.82, 2.24) is 0 Å². The van der Waals surface area contributed by atoms with Gasteiger partial charge in [0.05, 0.1) is 58.3 Å². The molecule has 7 fully saturated rings. The predicted octanol–water partition coefficient (Wildman–Crippen LogP) is -16.9. The molecule has 7 aliphatic heterocycles. The van der Waals surface area contributed by atoms with Crippen LogP contribution < -0.4 is 11.5 Å². The van der Waals surface area contributed by atoms with E-state index in [1.54, 1.807) is 0 Å². The van der Waals surface area contributed by atoms with Crippen molar-refractivity contribution in [2.24, 2.45) is 11.5 Å². The minimum atomic E-state index is -6.02. The monoisotopic (exact) mass is 1400 g/mol. The average molecular weight is 1400 g/mol. The number of hydrogen-bond acceptors (Lipinski definition) is 40. The van der Waals surface area contributed by atoms with E-state index in [4.69, 9.17) is 82.1 Å². The highest BCUT2D eigenvalue weighted by atomic mass is 31.2. The third kappa shape index (κ3) is 17.5. The van der Waals surface area contributed by atoms with Crippen LogP contribution in [0.1, 0.15) is 6.42 Å². The number of carboxylic acid groups (broad SMARTS) is 1. The zero-order chi connectivity index (χ0) is 68.5. The Morgan fingerprint density at radius 1 is 0.467 bits per heavy atom. The summed E-state index contributed by atoms with van der Waals surface area (Å²) in [6.07, 6.45) is -73.3. The molecule has 7 rings (SSSR count). The van der Waals surface area contributed by atoms with Crippen molar-refractivity contribution in [3.8, 4) is 0 Å². The van der Waals surface area contributed by atoms with Gasteiger partial charge < -0.3 is 200 Å². The van der Waals surface area contributed by atoms with Crippen LogP contribution in [0.5, 0.6) is 0 Å². The van der Waals surface area contributed by atoms with Crippen LogP contribution in [0.4, 0.5) is 0 Å². The molecule has 7 aliphatic rings. The van der Waals surface area contributed by atoms with E-state index >= 15 is 0 Å². The van der Waals surface area contributed by atoms with E-state index in [9.17, 15) is 141 Å². The number of aliphatic hydroxyl groups is 20. The van der Waals surface area contributed by atoms with E-state index in [0.717, 1.165) is 0 Å². The Bertz CT molecular complexity index is 2420. The highest BCUT2D eigenvalue weighted by Gasteiger charge is 2.62. The minimum Gasteiger partial charge on any atom is -0.477 e. The smallest absolute Gasteiger partial charge is 0.470 e. The molecule has 0 aromatic carbocycles. The van der Waals surface area contributed by atoms with Crippen molar-refractivity contribution in [2.45, 2.75) is 227 Å². The Balaban J connectivity index is 1.17.